The third kappa shape index (κ3) is 3.04. The molecule has 1 aliphatic carbocycles. The van der Waals surface area contributed by atoms with E-state index in [0.29, 0.717) is 10.6 Å². The summed E-state index contributed by atoms with van der Waals surface area (Å²) >= 11 is 5.89. The van der Waals surface area contributed by atoms with Crippen LogP contribution in [0.15, 0.2) is 18.2 Å². The van der Waals surface area contributed by atoms with Crippen LogP contribution in [-0.2, 0) is 11.2 Å². The lowest BCUT2D eigenvalue weighted by atomic mass is 9.76. The smallest absolute Gasteiger partial charge is 0.157 e. The van der Waals surface area contributed by atoms with Gasteiger partial charge < -0.3 is 0 Å². The summed E-state index contributed by atoms with van der Waals surface area (Å²) in [6, 6.07) is 4.39. The fraction of sp³-hybridized carbons (Fsp3) is 0.562. The van der Waals surface area contributed by atoms with Gasteiger partial charge in [0.1, 0.15) is 5.82 Å². The van der Waals surface area contributed by atoms with Crippen LogP contribution in [0, 0.1) is 5.82 Å². The van der Waals surface area contributed by atoms with E-state index in [1.165, 1.54) is 18.6 Å². The maximum absolute atomic E-state index is 13.8. The van der Waals surface area contributed by atoms with Gasteiger partial charge in [-0.2, -0.15) is 0 Å². The Hall–Kier alpha value is -0.930. The molecular formula is C16H21ClFNO. The second kappa shape index (κ2) is 6.23. The molecule has 1 fully saturated rings. The Bertz CT molecular complexity index is 495. The van der Waals surface area contributed by atoms with Crippen LogP contribution >= 0.6 is 11.6 Å². The molecule has 0 atom stereocenters. The van der Waals surface area contributed by atoms with Gasteiger partial charge in [-0.25, -0.2) is 4.39 Å². The molecule has 0 aliphatic heterocycles. The summed E-state index contributed by atoms with van der Waals surface area (Å²) in [4.78, 5) is 14.8. The number of Topliss-reactive ketones (excluding diaryl/α,β-unsaturated/α-hetero) is 1. The zero-order valence-electron chi connectivity index (χ0n) is 12.1. The Morgan fingerprint density at radius 2 is 1.95 bits per heavy atom. The molecule has 2 rings (SSSR count). The van der Waals surface area contributed by atoms with Gasteiger partial charge in [0.25, 0.3) is 0 Å². The molecule has 4 heteroatoms. The van der Waals surface area contributed by atoms with Crippen molar-refractivity contribution in [3.05, 3.63) is 34.6 Å². The zero-order valence-corrected chi connectivity index (χ0v) is 12.8. The summed E-state index contributed by atoms with van der Waals surface area (Å²) < 4.78 is 13.8. The second-order valence-electron chi connectivity index (χ2n) is 5.82. The number of carbonyl (C=O) groups is 1. The van der Waals surface area contributed by atoms with Crippen LogP contribution in [0.3, 0.4) is 0 Å². The van der Waals surface area contributed by atoms with E-state index in [9.17, 15) is 9.18 Å². The third-order valence-electron chi connectivity index (χ3n) is 4.41. The van der Waals surface area contributed by atoms with Gasteiger partial charge in [-0.1, -0.05) is 30.9 Å². The van der Waals surface area contributed by atoms with Crippen molar-refractivity contribution in [2.75, 3.05) is 14.1 Å². The summed E-state index contributed by atoms with van der Waals surface area (Å²) in [5.74, 6) is -0.254. The highest BCUT2D eigenvalue weighted by molar-refractivity contribution is 6.30. The van der Waals surface area contributed by atoms with Crippen LogP contribution in [0.5, 0.6) is 0 Å². The summed E-state index contributed by atoms with van der Waals surface area (Å²) in [7, 11) is 3.88. The highest BCUT2D eigenvalue weighted by Crippen LogP contribution is 2.34. The largest absolute Gasteiger partial charge is 0.297 e. The standard InChI is InChI=1S/C16H21ClFNO/c1-19(2)16(8-4-3-5-9-16)15(20)11-12-10-13(17)6-7-14(12)18/h6-7,10H,3-5,8-9,11H2,1-2H3. The number of ketones is 1. The average Bonchev–Trinajstić information content (AvgIpc) is 2.43. The summed E-state index contributed by atoms with van der Waals surface area (Å²) in [6.45, 7) is 0. The number of rotatable bonds is 4. The molecule has 1 aromatic carbocycles. The van der Waals surface area contributed by atoms with Crippen LogP contribution in [0.25, 0.3) is 0 Å². The van der Waals surface area contributed by atoms with Crippen molar-refractivity contribution >= 4 is 17.4 Å². The van der Waals surface area contributed by atoms with E-state index in [1.807, 2.05) is 19.0 Å². The van der Waals surface area contributed by atoms with E-state index in [-0.39, 0.29) is 18.0 Å². The maximum Gasteiger partial charge on any atom is 0.157 e. The first-order valence-electron chi connectivity index (χ1n) is 7.10. The highest BCUT2D eigenvalue weighted by atomic mass is 35.5. The van der Waals surface area contributed by atoms with E-state index in [4.69, 9.17) is 11.6 Å². The quantitative estimate of drug-likeness (QED) is 0.841. The topological polar surface area (TPSA) is 20.3 Å². The van der Waals surface area contributed by atoms with Gasteiger partial charge in [0, 0.05) is 11.4 Å². The number of hydrogen-bond donors (Lipinski definition) is 0. The highest BCUT2D eigenvalue weighted by Gasteiger charge is 2.40. The molecule has 0 heterocycles. The number of hydrogen-bond acceptors (Lipinski definition) is 2. The molecule has 0 N–H and O–H groups in total. The number of likely N-dealkylation sites (N-methyl/N-ethyl adjacent to an activating group) is 1. The van der Waals surface area contributed by atoms with Gasteiger partial charge in [-0.05, 0) is 50.7 Å². The van der Waals surface area contributed by atoms with E-state index >= 15 is 0 Å². The summed E-state index contributed by atoms with van der Waals surface area (Å²) in [5.41, 5.74) is -0.0400. The molecular weight excluding hydrogens is 277 g/mol. The van der Waals surface area contributed by atoms with E-state index in [1.54, 1.807) is 6.07 Å². The van der Waals surface area contributed by atoms with Crippen molar-refractivity contribution in [3.8, 4) is 0 Å². The Morgan fingerprint density at radius 3 is 2.55 bits per heavy atom. The summed E-state index contributed by atoms with van der Waals surface area (Å²) in [6.07, 6.45) is 5.13. The SMILES string of the molecule is CN(C)C1(C(=O)Cc2cc(Cl)ccc2F)CCCCC1. The molecule has 0 saturated heterocycles. The zero-order chi connectivity index (χ0) is 14.8. The normalized spacial score (nSPS) is 18.2. The predicted molar refractivity (Wildman–Crippen MR) is 79.6 cm³/mol. The third-order valence-corrected chi connectivity index (χ3v) is 4.65. The molecule has 20 heavy (non-hydrogen) atoms. The van der Waals surface area contributed by atoms with Crippen molar-refractivity contribution in [2.24, 2.45) is 0 Å². The van der Waals surface area contributed by atoms with Gasteiger partial charge in [0.15, 0.2) is 5.78 Å². The van der Waals surface area contributed by atoms with Gasteiger partial charge in [0.2, 0.25) is 0 Å². The van der Waals surface area contributed by atoms with E-state index in [2.05, 4.69) is 0 Å². The van der Waals surface area contributed by atoms with Crippen molar-refractivity contribution < 1.29 is 9.18 Å². The fourth-order valence-corrected chi connectivity index (χ4v) is 3.32. The second-order valence-corrected chi connectivity index (χ2v) is 6.26. The molecule has 0 spiro atoms. The molecule has 0 radical (unpaired) electrons. The van der Waals surface area contributed by atoms with Crippen LogP contribution in [0.2, 0.25) is 5.02 Å². The molecule has 2 nitrogen and oxygen atoms in total. The molecule has 1 aliphatic rings. The van der Waals surface area contributed by atoms with Gasteiger partial charge >= 0.3 is 0 Å². The number of benzene rings is 1. The first kappa shape index (κ1) is 15.5. The van der Waals surface area contributed by atoms with Crippen LogP contribution in [0.4, 0.5) is 4.39 Å². The first-order chi connectivity index (χ1) is 9.45. The molecule has 1 saturated carbocycles. The average molecular weight is 298 g/mol. The molecule has 0 aromatic heterocycles. The Morgan fingerprint density at radius 1 is 1.30 bits per heavy atom. The Labute approximate surface area is 124 Å². The Kier molecular flexibility index (Phi) is 4.82. The number of carbonyl (C=O) groups excluding carboxylic acids is 1. The fourth-order valence-electron chi connectivity index (χ4n) is 3.13. The molecule has 110 valence electrons. The minimum Gasteiger partial charge on any atom is -0.297 e. The minimum absolute atomic E-state index is 0.100. The van der Waals surface area contributed by atoms with E-state index < -0.39 is 5.54 Å². The lowest BCUT2D eigenvalue weighted by Gasteiger charge is -2.41. The molecule has 0 bridgehead atoms. The predicted octanol–water partition coefficient (Wildman–Crippen LogP) is 3.86. The molecule has 1 aromatic rings. The van der Waals surface area contributed by atoms with Crippen LogP contribution < -0.4 is 0 Å². The van der Waals surface area contributed by atoms with Crippen molar-refractivity contribution in [2.45, 2.75) is 44.1 Å². The first-order valence-corrected chi connectivity index (χ1v) is 7.48. The van der Waals surface area contributed by atoms with Gasteiger partial charge in [-0.15, -0.1) is 0 Å². The minimum atomic E-state index is -0.437. The number of nitrogens with zero attached hydrogens (tertiary/aromatic N) is 1. The van der Waals surface area contributed by atoms with Crippen molar-refractivity contribution in [1.29, 1.82) is 0 Å². The Balaban J connectivity index is 2.22. The van der Waals surface area contributed by atoms with Crippen LogP contribution in [0.1, 0.15) is 37.7 Å². The molecule has 0 amide bonds. The number of halogens is 2. The van der Waals surface area contributed by atoms with Crippen molar-refractivity contribution in [3.63, 3.8) is 0 Å². The van der Waals surface area contributed by atoms with Gasteiger partial charge in [0.05, 0.1) is 5.54 Å². The van der Waals surface area contributed by atoms with Crippen molar-refractivity contribution in [1.82, 2.24) is 4.90 Å². The summed E-state index contributed by atoms with van der Waals surface area (Å²) in [5, 5.41) is 0.469. The lowest BCUT2D eigenvalue weighted by molar-refractivity contribution is -0.131. The van der Waals surface area contributed by atoms with Crippen LogP contribution in [-0.4, -0.2) is 30.3 Å². The lowest BCUT2D eigenvalue weighted by Crippen LogP contribution is -2.53. The van der Waals surface area contributed by atoms with E-state index in [0.717, 1.165) is 25.7 Å². The monoisotopic (exact) mass is 297 g/mol. The maximum atomic E-state index is 13.8. The molecule has 0 unspecified atom stereocenters. The van der Waals surface area contributed by atoms with Gasteiger partial charge in [-0.3, -0.25) is 9.69 Å².